The van der Waals surface area contributed by atoms with Crippen molar-refractivity contribution in [2.24, 2.45) is 0 Å². The van der Waals surface area contributed by atoms with Gasteiger partial charge in [0.25, 0.3) is 0 Å². The van der Waals surface area contributed by atoms with Crippen LogP contribution in [0.1, 0.15) is 18.4 Å². The first kappa shape index (κ1) is 14.0. The molecule has 0 N–H and O–H groups in total. The summed E-state index contributed by atoms with van der Waals surface area (Å²) >= 11 is 3.20. The number of hydrogen-bond acceptors (Lipinski definition) is 2. The molecule has 108 valence electrons. The zero-order valence-corrected chi connectivity index (χ0v) is 13.1. The summed E-state index contributed by atoms with van der Waals surface area (Å²) in [5.74, 6) is 0.763. The number of halogens is 2. The van der Waals surface area contributed by atoms with E-state index in [1.807, 2.05) is 17.0 Å². The second-order valence-electron chi connectivity index (χ2n) is 4.70. The Morgan fingerprint density at radius 1 is 1.29 bits per heavy atom. The van der Waals surface area contributed by atoms with Gasteiger partial charge in [0.05, 0.1) is 23.0 Å². The van der Waals surface area contributed by atoms with E-state index < -0.39 is 0 Å². The molecule has 0 spiro atoms. The van der Waals surface area contributed by atoms with Crippen molar-refractivity contribution in [2.75, 3.05) is 0 Å². The number of nitrogens with zero attached hydrogens (tertiary/aromatic N) is 4. The zero-order valence-electron chi connectivity index (χ0n) is 11.5. The molecule has 0 atom stereocenters. The summed E-state index contributed by atoms with van der Waals surface area (Å²) < 4.78 is 17.7. The maximum Gasteiger partial charge on any atom is 0.137 e. The van der Waals surface area contributed by atoms with Gasteiger partial charge >= 0.3 is 0 Å². The Kier molecular flexibility index (Phi) is 3.88. The number of aryl methyl sites for hydroxylation is 1. The van der Waals surface area contributed by atoms with E-state index in [2.05, 4.69) is 37.4 Å². The van der Waals surface area contributed by atoms with E-state index in [1.54, 1.807) is 24.7 Å². The zero-order chi connectivity index (χ0) is 14.8. The molecule has 0 amide bonds. The van der Waals surface area contributed by atoms with Crippen molar-refractivity contribution in [3.63, 3.8) is 0 Å². The van der Waals surface area contributed by atoms with Gasteiger partial charge in [0.2, 0.25) is 0 Å². The van der Waals surface area contributed by atoms with Gasteiger partial charge in [0.15, 0.2) is 0 Å². The average molecular weight is 349 g/mol. The Bertz CT molecular complexity index is 763. The molecule has 21 heavy (non-hydrogen) atoms. The molecule has 6 heteroatoms. The van der Waals surface area contributed by atoms with E-state index in [9.17, 15) is 4.39 Å². The van der Waals surface area contributed by atoms with Gasteiger partial charge < -0.3 is 9.13 Å². The summed E-state index contributed by atoms with van der Waals surface area (Å²) in [5.41, 5.74) is 1.80. The van der Waals surface area contributed by atoms with Gasteiger partial charge in [-0.05, 0) is 34.1 Å². The van der Waals surface area contributed by atoms with Crippen LogP contribution in [0.3, 0.4) is 0 Å². The second kappa shape index (κ2) is 5.81. The van der Waals surface area contributed by atoms with Crippen molar-refractivity contribution in [3.05, 3.63) is 64.9 Å². The van der Waals surface area contributed by atoms with Crippen molar-refractivity contribution >= 4 is 15.9 Å². The molecular weight excluding hydrogens is 335 g/mol. The normalized spacial score (nSPS) is 11.0. The van der Waals surface area contributed by atoms with Crippen molar-refractivity contribution in [3.8, 4) is 5.69 Å². The Morgan fingerprint density at radius 3 is 2.90 bits per heavy atom. The molecule has 0 bridgehead atoms. The van der Waals surface area contributed by atoms with Gasteiger partial charge in [0, 0.05) is 30.7 Å². The van der Waals surface area contributed by atoms with E-state index in [0.717, 1.165) is 23.6 Å². The Hall–Kier alpha value is -1.95. The summed E-state index contributed by atoms with van der Waals surface area (Å²) in [6.07, 6.45) is 8.31. The lowest BCUT2D eigenvalue weighted by Crippen LogP contribution is -2.03. The van der Waals surface area contributed by atoms with Crippen LogP contribution in [-0.4, -0.2) is 19.1 Å². The largest absolute Gasteiger partial charge is 0.329 e. The fourth-order valence-corrected chi connectivity index (χ4v) is 2.57. The van der Waals surface area contributed by atoms with Crippen LogP contribution in [0.2, 0.25) is 0 Å². The molecule has 0 saturated carbocycles. The minimum atomic E-state index is -0.273. The second-order valence-corrected chi connectivity index (χ2v) is 5.55. The van der Waals surface area contributed by atoms with Gasteiger partial charge in [0.1, 0.15) is 11.6 Å². The molecule has 0 fully saturated rings. The van der Waals surface area contributed by atoms with E-state index in [1.165, 1.54) is 6.07 Å². The van der Waals surface area contributed by atoms with Crippen molar-refractivity contribution < 1.29 is 4.39 Å². The first-order chi connectivity index (χ1) is 10.2. The predicted molar refractivity (Wildman–Crippen MR) is 81.9 cm³/mol. The lowest BCUT2D eigenvalue weighted by atomic mass is 10.3. The lowest BCUT2D eigenvalue weighted by molar-refractivity contribution is 0.620. The molecular formula is C15H14BrFN4. The molecule has 4 nitrogen and oxygen atoms in total. The molecule has 2 aromatic heterocycles. The van der Waals surface area contributed by atoms with Crippen LogP contribution in [0.25, 0.3) is 5.69 Å². The van der Waals surface area contributed by atoms with Crippen LogP contribution in [-0.2, 0) is 13.0 Å². The molecule has 0 aliphatic rings. The van der Waals surface area contributed by atoms with Crippen LogP contribution in [0.4, 0.5) is 4.39 Å². The van der Waals surface area contributed by atoms with Crippen LogP contribution in [0.15, 0.2) is 47.6 Å². The monoisotopic (exact) mass is 348 g/mol. The van der Waals surface area contributed by atoms with Crippen LogP contribution in [0, 0.1) is 5.82 Å². The summed E-state index contributed by atoms with van der Waals surface area (Å²) in [5, 5.41) is 0. The predicted octanol–water partition coefficient (Wildman–Crippen LogP) is 3.58. The number of aromatic nitrogens is 4. The summed E-state index contributed by atoms with van der Waals surface area (Å²) in [6, 6.07) is 4.89. The topological polar surface area (TPSA) is 35.6 Å². The van der Waals surface area contributed by atoms with Gasteiger partial charge in [-0.1, -0.05) is 6.92 Å². The Labute approximate surface area is 130 Å². The maximum atomic E-state index is 13.3. The molecule has 0 radical (unpaired) electrons. The molecule has 3 aromatic rings. The van der Waals surface area contributed by atoms with Crippen LogP contribution >= 0.6 is 15.9 Å². The number of benzene rings is 1. The van der Waals surface area contributed by atoms with E-state index in [4.69, 9.17) is 0 Å². The Morgan fingerprint density at radius 2 is 2.14 bits per heavy atom. The molecule has 0 unspecified atom stereocenters. The van der Waals surface area contributed by atoms with Crippen molar-refractivity contribution in [1.82, 2.24) is 19.1 Å². The van der Waals surface area contributed by atoms with Gasteiger partial charge in [-0.25, -0.2) is 14.4 Å². The standard InChI is InChI=1S/C15H14BrFN4/c1-2-15-18-5-6-20(15)8-11-9-21(10-19-11)12-3-4-14(17)13(16)7-12/h3-7,9-10H,2,8H2,1H3. The first-order valence-corrected chi connectivity index (χ1v) is 7.45. The fourth-order valence-electron chi connectivity index (χ4n) is 2.20. The quantitative estimate of drug-likeness (QED) is 0.722. The smallest absolute Gasteiger partial charge is 0.137 e. The summed E-state index contributed by atoms with van der Waals surface area (Å²) in [7, 11) is 0. The fraction of sp³-hybridized carbons (Fsp3) is 0.200. The average Bonchev–Trinajstić information content (AvgIpc) is 3.11. The van der Waals surface area contributed by atoms with E-state index >= 15 is 0 Å². The Balaban J connectivity index is 1.84. The SMILES string of the molecule is CCc1nccn1Cc1cn(-c2ccc(F)c(Br)c2)cn1. The van der Waals surface area contributed by atoms with Gasteiger partial charge in [-0.3, -0.25) is 0 Å². The minimum absolute atomic E-state index is 0.273. The lowest BCUT2D eigenvalue weighted by Gasteiger charge is -2.04. The number of rotatable bonds is 4. The minimum Gasteiger partial charge on any atom is -0.329 e. The van der Waals surface area contributed by atoms with Crippen molar-refractivity contribution in [1.29, 1.82) is 0 Å². The number of hydrogen-bond donors (Lipinski definition) is 0. The highest BCUT2D eigenvalue weighted by Crippen LogP contribution is 2.19. The van der Waals surface area contributed by atoms with Gasteiger partial charge in [-0.15, -0.1) is 0 Å². The third-order valence-corrected chi connectivity index (χ3v) is 3.90. The highest BCUT2D eigenvalue weighted by atomic mass is 79.9. The highest BCUT2D eigenvalue weighted by molar-refractivity contribution is 9.10. The molecule has 0 aliphatic heterocycles. The molecule has 0 saturated heterocycles. The molecule has 3 rings (SSSR count). The molecule has 0 aliphatic carbocycles. The van der Waals surface area contributed by atoms with Crippen LogP contribution < -0.4 is 0 Å². The third-order valence-electron chi connectivity index (χ3n) is 3.29. The van der Waals surface area contributed by atoms with Crippen LogP contribution in [0.5, 0.6) is 0 Å². The molecule has 2 heterocycles. The maximum absolute atomic E-state index is 13.3. The van der Waals surface area contributed by atoms with Crippen molar-refractivity contribution in [2.45, 2.75) is 19.9 Å². The van der Waals surface area contributed by atoms with E-state index in [0.29, 0.717) is 11.0 Å². The number of imidazole rings is 2. The summed E-state index contributed by atoms with van der Waals surface area (Å²) in [4.78, 5) is 8.70. The highest BCUT2D eigenvalue weighted by Gasteiger charge is 2.06. The third kappa shape index (κ3) is 2.90. The molecule has 1 aromatic carbocycles. The summed E-state index contributed by atoms with van der Waals surface area (Å²) in [6.45, 7) is 2.76. The van der Waals surface area contributed by atoms with E-state index in [-0.39, 0.29) is 5.82 Å². The first-order valence-electron chi connectivity index (χ1n) is 6.65. The van der Waals surface area contributed by atoms with Gasteiger partial charge in [-0.2, -0.15) is 0 Å².